The predicted molar refractivity (Wildman–Crippen MR) is 91.1 cm³/mol. The van der Waals surface area contributed by atoms with E-state index in [0.29, 0.717) is 0 Å². The van der Waals surface area contributed by atoms with E-state index in [0.717, 1.165) is 24.2 Å². The van der Waals surface area contributed by atoms with Gasteiger partial charge in [0.05, 0.1) is 12.9 Å². The molecule has 23 heavy (non-hydrogen) atoms. The van der Waals surface area contributed by atoms with E-state index in [1.54, 1.807) is 25.0 Å². The van der Waals surface area contributed by atoms with Crippen molar-refractivity contribution in [2.75, 3.05) is 19.1 Å². The van der Waals surface area contributed by atoms with Gasteiger partial charge in [0, 0.05) is 24.4 Å². The van der Waals surface area contributed by atoms with E-state index in [1.165, 1.54) is 12.3 Å². The van der Waals surface area contributed by atoms with Crippen LogP contribution in [0.4, 0.5) is 0 Å². The number of nitrogens with zero attached hydrogens (tertiary/aromatic N) is 1. The predicted octanol–water partition coefficient (Wildman–Crippen LogP) is 2.13. The molecule has 126 valence electrons. The summed E-state index contributed by atoms with van der Waals surface area (Å²) < 4.78 is 28.1. The molecular formula is C17H23NO4S. The summed E-state index contributed by atoms with van der Waals surface area (Å²) >= 11 is 0. The van der Waals surface area contributed by atoms with Crippen LogP contribution in [-0.2, 0) is 14.6 Å². The Kier molecular flexibility index (Phi) is 5.46. The van der Waals surface area contributed by atoms with Crippen LogP contribution < -0.4 is 4.74 Å². The van der Waals surface area contributed by atoms with Gasteiger partial charge in [0.15, 0.2) is 0 Å². The highest BCUT2D eigenvalue weighted by molar-refractivity contribution is 7.90. The first-order chi connectivity index (χ1) is 10.8. The van der Waals surface area contributed by atoms with Gasteiger partial charge < -0.3 is 9.64 Å². The first-order valence-electron chi connectivity index (χ1n) is 7.62. The van der Waals surface area contributed by atoms with Crippen molar-refractivity contribution in [3.63, 3.8) is 0 Å². The van der Waals surface area contributed by atoms with E-state index in [-0.39, 0.29) is 23.7 Å². The number of amides is 1. The molecule has 1 aromatic carbocycles. The molecular weight excluding hydrogens is 314 g/mol. The fraction of sp³-hybridized carbons (Fsp3) is 0.471. The number of hydrogen-bond acceptors (Lipinski definition) is 4. The van der Waals surface area contributed by atoms with Crippen LogP contribution in [0.25, 0.3) is 6.08 Å². The van der Waals surface area contributed by atoms with Gasteiger partial charge in [-0.15, -0.1) is 0 Å². The molecule has 1 atom stereocenters. The minimum atomic E-state index is -3.12. The first kappa shape index (κ1) is 17.5. The number of carbonyl (C=O) groups is 1. The number of benzene rings is 1. The van der Waals surface area contributed by atoms with Crippen molar-refractivity contribution >= 4 is 21.8 Å². The molecule has 5 nitrogen and oxygen atoms in total. The van der Waals surface area contributed by atoms with Crippen molar-refractivity contribution in [1.82, 2.24) is 4.90 Å². The maximum absolute atomic E-state index is 12.5. The van der Waals surface area contributed by atoms with Crippen LogP contribution >= 0.6 is 0 Å². The summed E-state index contributed by atoms with van der Waals surface area (Å²) in [5.41, 5.74) is 0.865. The van der Waals surface area contributed by atoms with Crippen LogP contribution in [-0.4, -0.2) is 50.4 Å². The highest BCUT2D eigenvalue weighted by atomic mass is 32.2. The monoisotopic (exact) mass is 337 g/mol. The van der Waals surface area contributed by atoms with Gasteiger partial charge in [-0.2, -0.15) is 0 Å². The van der Waals surface area contributed by atoms with E-state index in [1.807, 2.05) is 24.3 Å². The van der Waals surface area contributed by atoms with Crippen molar-refractivity contribution in [2.24, 2.45) is 0 Å². The maximum atomic E-state index is 12.5. The van der Waals surface area contributed by atoms with E-state index < -0.39 is 9.84 Å². The van der Waals surface area contributed by atoms with E-state index in [2.05, 4.69) is 0 Å². The fourth-order valence-corrected chi connectivity index (χ4v) is 3.66. The average molecular weight is 337 g/mol. The Morgan fingerprint density at radius 3 is 2.70 bits per heavy atom. The molecule has 0 heterocycles. The number of sulfone groups is 1. The zero-order valence-corrected chi connectivity index (χ0v) is 14.5. The molecule has 0 aliphatic heterocycles. The summed E-state index contributed by atoms with van der Waals surface area (Å²) in [7, 11) is -1.53. The molecule has 1 saturated carbocycles. The number of hydrogen-bond donors (Lipinski definition) is 0. The van der Waals surface area contributed by atoms with Gasteiger partial charge in [-0.05, 0) is 43.5 Å². The van der Waals surface area contributed by atoms with Crippen LogP contribution in [0, 0.1) is 0 Å². The third kappa shape index (κ3) is 5.39. The lowest BCUT2D eigenvalue weighted by Crippen LogP contribution is -2.43. The number of carbonyl (C=O) groups excluding carboxylic acids is 1. The van der Waals surface area contributed by atoms with Crippen molar-refractivity contribution in [1.29, 1.82) is 0 Å². The first-order valence-corrected chi connectivity index (χ1v) is 9.68. The molecule has 0 bridgehead atoms. The molecule has 1 fully saturated rings. The molecule has 0 N–H and O–H groups in total. The summed E-state index contributed by atoms with van der Waals surface area (Å²) in [6.07, 6.45) is 6.31. The molecule has 0 aromatic heterocycles. The lowest BCUT2D eigenvalue weighted by Gasteiger charge is -2.27. The summed E-state index contributed by atoms with van der Waals surface area (Å²) in [5.74, 6) is 0.568. The highest BCUT2D eigenvalue weighted by Crippen LogP contribution is 2.29. The third-order valence-electron chi connectivity index (χ3n) is 3.73. The van der Waals surface area contributed by atoms with Crippen molar-refractivity contribution in [3.8, 4) is 5.75 Å². The standard InChI is InChI=1S/C17H23NO4S/c1-13(12-23(3,20)21)18(15-8-9-15)17(19)10-7-14-5-4-6-16(11-14)22-2/h4-7,10-11,13,15H,8-9,12H2,1-3H3/b10-7+. The van der Waals surface area contributed by atoms with Crippen LogP contribution in [0.2, 0.25) is 0 Å². The zero-order valence-electron chi connectivity index (χ0n) is 13.7. The second kappa shape index (κ2) is 7.17. The molecule has 0 radical (unpaired) electrons. The van der Waals surface area contributed by atoms with Gasteiger partial charge in [-0.25, -0.2) is 8.42 Å². The Bertz CT molecular complexity index is 692. The summed E-state index contributed by atoms with van der Waals surface area (Å²) in [6, 6.07) is 7.26. The molecule has 1 amide bonds. The molecule has 2 rings (SSSR count). The Balaban J connectivity index is 2.10. The Hall–Kier alpha value is -1.82. The Morgan fingerprint density at radius 2 is 2.13 bits per heavy atom. The molecule has 1 unspecified atom stereocenters. The summed E-state index contributed by atoms with van der Waals surface area (Å²) in [5, 5.41) is 0. The van der Waals surface area contributed by atoms with E-state index in [4.69, 9.17) is 4.74 Å². The maximum Gasteiger partial charge on any atom is 0.247 e. The number of rotatable bonds is 7. The van der Waals surface area contributed by atoms with Crippen LogP contribution in [0.3, 0.4) is 0 Å². The van der Waals surface area contributed by atoms with Crippen LogP contribution in [0.5, 0.6) is 5.75 Å². The third-order valence-corrected chi connectivity index (χ3v) is 4.81. The van der Waals surface area contributed by atoms with Crippen molar-refractivity contribution in [2.45, 2.75) is 31.8 Å². The average Bonchev–Trinajstić information content (AvgIpc) is 3.28. The highest BCUT2D eigenvalue weighted by Gasteiger charge is 2.35. The second-order valence-corrected chi connectivity index (χ2v) is 8.21. The molecule has 1 aliphatic carbocycles. The molecule has 6 heteroatoms. The molecule has 1 aliphatic rings. The summed E-state index contributed by atoms with van der Waals surface area (Å²) in [4.78, 5) is 14.2. The van der Waals surface area contributed by atoms with E-state index in [9.17, 15) is 13.2 Å². The SMILES string of the molecule is COc1cccc(/C=C/C(=O)N(C(C)CS(C)(=O)=O)C2CC2)c1. The molecule has 1 aromatic rings. The smallest absolute Gasteiger partial charge is 0.247 e. The normalized spacial score (nSPS) is 16.3. The van der Waals surface area contributed by atoms with Gasteiger partial charge in [-0.3, -0.25) is 4.79 Å². The van der Waals surface area contributed by atoms with Gasteiger partial charge in [0.1, 0.15) is 15.6 Å². The topological polar surface area (TPSA) is 63.7 Å². The molecule has 0 saturated heterocycles. The number of methoxy groups -OCH3 is 1. The van der Waals surface area contributed by atoms with Crippen LogP contribution in [0.1, 0.15) is 25.3 Å². The van der Waals surface area contributed by atoms with E-state index >= 15 is 0 Å². The van der Waals surface area contributed by atoms with Crippen molar-refractivity contribution in [3.05, 3.63) is 35.9 Å². The van der Waals surface area contributed by atoms with Gasteiger partial charge in [0.25, 0.3) is 0 Å². The lowest BCUT2D eigenvalue weighted by molar-refractivity contribution is -0.128. The van der Waals surface area contributed by atoms with Gasteiger partial charge >= 0.3 is 0 Å². The molecule has 0 spiro atoms. The zero-order chi connectivity index (χ0) is 17.0. The quantitative estimate of drug-likeness (QED) is 0.715. The minimum absolute atomic E-state index is 0.0117. The second-order valence-electron chi connectivity index (χ2n) is 6.03. The van der Waals surface area contributed by atoms with Crippen LogP contribution in [0.15, 0.2) is 30.3 Å². The minimum Gasteiger partial charge on any atom is -0.497 e. The Morgan fingerprint density at radius 1 is 1.43 bits per heavy atom. The van der Waals surface area contributed by atoms with Gasteiger partial charge in [-0.1, -0.05) is 12.1 Å². The summed E-state index contributed by atoms with van der Waals surface area (Å²) in [6.45, 7) is 1.79. The largest absolute Gasteiger partial charge is 0.497 e. The fourth-order valence-electron chi connectivity index (χ4n) is 2.63. The van der Waals surface area contributed by atoms with Crippen molar-refractivity contribution < 1.29 is 17.9 Å². The Labute approximate surface area is 137 Å². The van der Waals surface area contributed by atoms with Gasteiger partial charge in [0.2, 0.25) is 5.91 Å². The lowest BCUT2D eigenvalue weighted by atomic mass is 10.2. The number of ether oxygens (including phenoxy) is 1.